The average Bonchev–Trinajstić information content (AvgIpc) is 3.00. The molecule has 2 rings (SSSR count). The summed E-state index contributed by atoms with van der Waals surface area (Å²) in [5, 5.41) is 8.13. The molecular weight excluding hydrogens is 274 g/mol. The number of aromatic amines is 1. The fraction of sp³-hybridized carbons (Fsp3) is 0.706. The molecule has 5 heteroatoms. The number of aryl methyl sites for hydroxylation is 1. The van der Waals surface area contributed by atoms with Crippen molar-refractivity contribution >= 4 is 11.2 Å². The molecule has 22 heavy (non-hydrogen) atoms. The minimum Gasteiger partial charge on any atom is -0.340 e. The first-order valence-electron chi connectivity index (χ1n) is 8.76. The molecule has 0 unspecified atom stereocenters. The van der Waals surface area contributed by atoms with Crippen LogP contribution in [0.25, 0.3) is 11.2 Å². The molecule has 2 heterocycles. The number of fused-ring (bicyclic) bond motifs is 1. The van der Waals surface area contributed by atoms with Gasteiger partial charge < -0.3 is 9.55 Å². The molecule has 0 bridgehead atoms. The summed E-state index contributed by atoms with van der Waals surface area (Å²) in [6, 6.07) is 0. The van der Waals surface area contributed by atoms with Crippen LogP contribution in [0.1, 0.15) is 71.1 Å². The Morgan fingerprint density at radius 3 is 2.27 bits per heavy atom. The van der Waals surface area contributed by atoms with Gasteiger partial charge in [-0.15, -0.1) is 0 Å². The van der Waals surface area contributed by atoms with Gasteiger partial charge in [-0.05, 0) is 6.42 Å². The maximum atomic E-state index is 8.13. The lowest BCUT2D eigenvalue weighted by Gasteiger charge is -2.06. The van der Waals surface area contributed by atoms with Crippen LogP contribution in [0, 0.1) is 5.41 Å². The van der Waals surface area contributed by atoms with Crippen LogP contribution in [-0.4, -0.2) is 19.5 Å². The van der Waals surface area contributed by atoms with E-state index in [2.05, 4.69) is 21.9 Å². The lowest BCUT2D eigenvalue weighted by molar-refractivity contribution is 0.525. The molecule has 0 saturated carbocycles. The van der Waals surface area contributed by atoms with Crippen molar-refractivity contribution in [2.75, 3.05) is 0 Å². The summed E-state index contributed by atoms with van der Waals surface area (Å²) in [6.45, 7) is 3.14. The Kier molecular flexibility index (Phi) is 7.13. The molecule has 5 nitrogen and oxygen atoms in total. The highest BCUT2D eigenvalue weighted by Gasteiger charge is 2.02. The fourth-order valence-electron chi connectivity index (χ4n) is 2.82. The van der Waals surface area contributed by atoms with Crippen molar-refractivity contribution in [1.29, 1.82) is 5.41 Å². The van der Waals surface area contributed by atoms with E-state index in [4.69, 9.17) is 5.41 Å². The molecule has 0 aliphatic heterocycles. The van der Waals surface area contributed by atoms with E-state index in [0.29, 0.717) is 11.1 Å². The van der Waals surface area contributed by atoms with Gasteiger partial charge in [0, 0.05) is 6.54 Å². The van der Waals surface area contributed by atoms with Gasteiger partial charge in [-0.2, -0.15) is 0 Å². The molecule has 0 aliphatic rings. The van der Waals surface area contributed by atoms with E-state index in [-0.39, 0.29) is 0 Å². The van der Waals surface area contributed by atoms with E-state index in [1.807, 2.05) is 4.57 Å². The van der Waals surface area contributed by atoms with Crippen molar-refractivity contribution in [3.63, 3.8) is 0 Å². The summed E-state index contributed by atoms with van der Waals surface area (Å²) in [6.07, 6.45) is 16.6. The number of nitrogens with zero attached hydrogens (tertiary/aromatic N) is 3. The maximum absolute atomic E-state index is 8.13. The van der Waals surface area contributed by atoms with E-state index in [9.17, 15) is 0 Å². The van der Waals surface area contributed by atoms with Gasteiger partial charge in [0.2, 0.25) is 0 Å². The number of aromatic nitrogens is 4. The van der Waals surface area contributed by atoms with Crippen LogP contribution < -0.4 is 5.49 Å². The monoisotopic (exact) mass is 303 g/mol. The van der Waals surface area contributed by atoms with E-state index in [1.165, 1.54) is 57.8 Å². The second-order valence-corrected chi connectivity index (χ2v) is 6.07. The fourth-order valence-corrected chi connectivity index (χ4v) is 2.82. The summed E-state index contributed by atoms with van der Waals surface area (Å²) >= 11 is 0. The third kappa shape index (κ3) is 4.97. The Morgan fingerprint density at radius 1 is 0.955 bits per heavy atom. The van der Waals surface area contributed by atoms with Crippen molar-refractivity contribution in [3.8, 4) is 0 Å². The van der Waals surface area contributed by atoms with Crippen molar-refractivity contribution < 1.29 is 0 Å². The Bertz CT molecular complexity index is 598. The van der Waals surface area contributed by atoms with Crippen LogP contribution in [0.4, 0.5) is 0 Å². The molecular formula is C17H29N5. The molecule has 0 radical (unpaired) electrons. The van der Waals surface area contributed by atoms with Crippen molar-refractivity contribution in [1.82, 2.24) is 19.5 Å². The van der Waals surface area contributed by atoms with Crippen LogP contribution in [0.5, 0.6) is 0 Å². The molecule has 2 aromatic heterocycles. The minimum absolute atomic E-state index is 0.485. The molecule has 2 N–H and O–H groups in total. The highest BCUT2D eigenvalue weighted by atomic mass is 15.1. The molecule has 0 fully saturated rings. The largest absolute Gasteiger partial charge is 0.340 e. The Morgan fingerprint density at radius 2 is 1.59 bits per heavy atom. The van der Waals surface area contributed by atoms with Crippen LogP contribution in [0.15, 0.2) is 12.7 Å². The van der Waals surface area contributed by atoms with Gasteiger partial charge in [0.15, 0.2) is 11.1 Å². The van der Waals surface area contributed by atoms with Crippen molar-refractivity contribution in [3.05, 3.63) is 18.1 Å². The molecule has 0 aliphatic carbocycles. The Balaban J connectivity index is 1.58. The predicted molar refractivity (Wildman–Crippen MR) is 89.6 cm³/mol. The molecule has 2 aromatic rings. The SMILES string of the molecule is CCCCCCCCCCCCn1cnc2nc[nH]c2c1=N. The van der Waals surface area contributed by atoms with Crippen LogP contribution in [-0.2, 0) is 6.54 Å². The summed E-state index contributed by atoms with van der Waals surface area (Å²) in [5.41, 5.74) is 1.84. The van der Waals surface area contributed by atoms with Gasteiger partial charge in [-0.1, -0.05) is 64.7 Å². The van der Waals surface area contributed by atoms with E-state index >= 15 is 0 Å². The molecule has 0 saturated heterocycles. The number of rotatable bonds is 11. The first kappa shape index (κ1) is 16.7. The molecule has 0 amide bonds. The van der Waals surface area contributed by atoms with E-state index < -0.39 is 0 Å². The first-order valence-corrected chi connectivity index (χ1v) is 8.76. The molecule has 0 atom stereocenters. The second-order valence-electron chi connectivity index (χ2n) is 6.07. The standard InChI is InChI=1S/C17H29N5/c1-2-3-4-5-6-7-8-9-10-11-12-22-14-21-17-15(16(22)18)19-13-20-17/h13-14,18H,2-12H2,1H3,(H,19,20). The predicted octanol–water partition coefficient (Wildman–Crippen LogP) is 4.16. The third-order valence-corrected chi connectivity index (χ3v) is 4.22. The lowest BCUT2D eigenvalue weighted by Crippen LogP contribution is -2.21. The minimum atomic E-state index is 0.485. The topological polar surface area (TPSA) is 70.3 Å². The molecule has 0 spiro atoms. The quantitative estimate of drug-likeness (QED) is 0.612. The highest BCUT2D eigenvalue weighted by Crippen LogP contribution is 2.10. The van der Waals surface area contributed by atoms with E-state index in [1.54, 1.807) is 12.7 Å². The maximum Gasteiger partial charge on any atom is 0.182 e. The number of hydrogen-bond acceptors (Lipinski definition) is 3. The smallest absolute Gasteiger partial charge is 0.182 e. The summed E-state index contributed by atoms with van der Waals surface area (Å²) in [5.74, 6) is 0. The van der Waals surface area contributed by atoms with Gasteiger partial charge in [0.1, 0.15) is 5.52 Å². The van der Waals surface area contributed by atoms with Crippen LogP contribution >= 0.6 is 0 Å². The van der Waals surface area contributed by atoms with E-state index in [0.717, 1.165) is 18.5 Å². The van der Waals surface area contributed by atoms with Crippen LogP contribution in [0.2, 0.25) is 0 Å². The Hall–Kier alpha value is -1.65. The van der Waals surface area contributed by atoms with Crippen molar-refractivity contribution in [2.45, 2.75) is 77.7 Å². The zero-order valence-corrected chi connectivity index (χ0v) is 13.8. The summed E-state index contributed by atoms with van der Waals surface area (Å²) in [4.78, 5) is 11.3. The first-order chi connectivity index (χ1) is 10.8. The lowest BCUT2D eigenvalue weighted by atomic mass is 10.1. The van der Waals surface area contributed by atoms with Gasteiger partial charge in [0.05, 0.1) is 12.7 Å². The van der Waals surface area contributed by atoms with Gasteiger partial charge >= 0.3 is 0 Å². The number of unbranched alkanes of at least 4 members (excludes halogenated alkanes) is 9. The number of imidazole rings is 1. The number of H-pyrrole nitrogens is 1. The van der Waals surface area contributed by atoms with Gasteiger partial charge in [-0.3, -0.25) is 5.41 Å². The highest BCUT2D eigenvalue weighted by molar-refractivity contribution is 5.67. The number of nitrogens with one attached hydrogen (secondary N) is 2. The van der Waals surface area contributed by atoms with Crippen molar-refractivity contribution in [2.24, 2.45) is 0 Å². The van der Waals surface area contributed by atoms with Crippen LogP contribution in [0.3, 0.4) is 0 Å². The zero-order chi connectivity index (χ0) is 15.6. The summed E-state index contributed by atoms with van der Waals surface area (Å²) in [7, 11) is 0. The average molecular weight is 303 g/mol. The zero-order valence-electron chi connectivity index (χ0n) is 13.8. The second kappa shape index (κ2) is 9.38. The van der Waals surface area contributed by atoms with Gasteiger partial charge in [0.25, 0.3) is 0 Å². The normalized spacial score (nSPS) is 11.3. The number of hydrogen-bond donors (Lipinski definition) is 2. The summed E-state index contributed by atoms with van der Waals surface area (Å²) < 4.78 is 1.91. The van der Waals surface area contributed by atoms with Gasteiger partial charge in [-0.25, -0.2) is 9.97 Å². The molecule has 122 valence electrons. The molecule has 0 aromatic carbocycles. The third-order valence-electron chi connectivity index (χ3n) is 4.22. The Labute approximate surface area is 132 Å².